The molecule has 26 heavy (non-hydrogen) atoms. The molecule has 2 heterocycles. The Balaban J connectivity index is 1.70. The van der Waals surface area contributed by atoms with Crippen molar-refractivity contribution in [3.8, 4) is 17.3 Å². The van der Waals surface area contributed by atoms with Crippen molar-refractivity contribution in [1.82, 2.24) is 20.0 Å². The summed E-state index contributed by atoms with van der Waals surface area (Å²) in [6.45, 7) is 7.89. The van der Waals surface area contributed by atoms with Gasteiger partial charge in [-0.3, -0.25) is 14.8 Å². The monoisotopic (exact) mass is 355 g/mol. The molecule has 0 saturated heterocycles. The number of benzene rings is 1. The smallest absolute Gasteiger partial charge is 0.322 e. The average Bonchev–Trinajstić information content (AvgIpc) is 3.23. The van der Waals surface area contributed by atoms with E-state index in [1.807, 2.05) is 27.7 Å². The van der Waals surface area contributed by atoms with Gasteiger partial charge in [0.1, 0.15) is 11.4 Å². The molecule has 0 unspecified atom stereocenters. The van der Waals surface area contributed by atoms with Crippen LogP contribution in [0.3, 0.4) is 0 Å². The fourth-order valence-electron chi connectivity index (χ4n) is 2.40. The van der Waals surface area contributed by atoms with Crippen molar-refractivity contribution in [2.75, 3.05) is 5.32 Å². The molecule has 136 valence electrons. The van der Waals surface area contributed by atoms with Crippen LogP contribution in [-0.2, 0) is 0 Å². The molecule has 3 rings (SSSR count). The van der Waals surface area contributed by atoms with Gasteiger partial charge in [0.15, 0.2) is 0 Å². The van der Waals surface area contributed by atoms with Crippen LogP contribution in [0.4, 0.5) is 6.01 Å². The minimum atomic E-state index is -0.339. The zero-order chi connectivity index (χ0) is 18.7. The molecular weight excluding hydrogens is 334 g/mol. The third-order valence-corrected chi connectivity index (χ3v) is 3.51. The second-order valence-corrected chi connectivity index (χ2v) is 6.31. The second kappa shape index (κ2) is 7.38. The Morgan fingerprint density at radius 2 is 1.85 bits per heavy atom. The lowest BCUT2D eigenvalue weighted by atomic mass is 10.2. The fourth-order valence-corrected chi connectivity index (χ4v) is 2.40. The number of anilines is 1. The summed E-state index contributed by atoms with van der Waals surface area (Å²) >= 11 is 0. The molecule has 0 aliphatic carbocycles. The van der Waals surface area contributed by atoms with Gasteiger partial charge < -0.3 is 9.15 Å². The Kier molecular flexibility index (Phi) is 5.01. The molecule has 1 N–H and O–H groups in total. The van der Waals surface area contributed by atoms with E-state index < -0.39 is 0 Å². The molecule has 0 aliphatic heterocycles. The maximum absolute atomic E-state index is 12.3. The predicted molar refractivity (Wildman–Crippen MR) is 96.1 cm³/mol. The fraction of sp³-hybridized carbons (Fsp3) is 0.333. The van der Waals surface area contributed by atoms with Crippen molar-refractivity contribution in [2.24, 2.45) is 0 Å². The van der Waals surface area contributed by atoms with E-state index in [0.717, 1.165) is 0 Å². The van der Waals surface area contributed by atoms with Gasteiger partial charge in [0, 0.05) is 17.8 Å². The van der Waals surface area contributed by atoms with Crippen molar-refractivity contribution in [3.05, 3.63) is 42.1 Å². The van der Waals surface area contributed by atoms with Crippen LogP contribution in [0.5, 0.6) is 5.75 Å². The Bertz CT molecular complexity index is 880. The summed E-state index contributed by atoms with van der Waals surface area (Å²) in [5.41, 5.74) is 1.16. The van der Waals surface area contributed by atoms with E-state index >= 15 is 0 Å². The van der Waals surface area contributed by atoms with E-state index in [4.69, 9.17) is 9.15 Å². The molecular formula is C18H21N5O3. The number of hydrogen-bond donors (Lipinski definition) is 1. The minimum absolute atomic E-state index is 0.0315. The number of hydrogen-bond acceptors (Lipinski definition) is 6. The maximum atomic E-state index is 12.3. The summed E-state index contributed by atoms with van der Waals surface area (Å²) in [5, 5.41) is 14.7. The van der Waals surface area contributed by atoms with Crippen LogP contribution in [0.1, 0.15) is 44.1 Å². The standard InChI is InChI=1S/C18H21N5O3/c1-11(2)23-15(9-10-19-23)17-21-22-18(26-17)20-16(24)13-5-7-14(8-6-13)25-12(3)4/h5-12H,1-4H3,(H,20,22,24). The van der Waals surface area contributed by atoms with Gasteiger partial charge in [-0.05, 0) is 58.0 Å². The topological polar surface area (TPSA) is 95.1 Å². The Labute approximate surface area is 151 Å². The number of aromatic nitrogens is 4. The third kappa shape index (κ3) is 3.90. The van der Waals surface area contributed by atoms with E-state index in [1.54, 1.807) is 41.2 Å². The zero-order valence-electron chi connectivity index (χ0n) is 15.1. The minimum Gasteiger partial charge on any atom is -0.491 e. The second-order valence-electron chi connectivity index (χ2n) is 6.31. The number of carbonyl (C=O) groups excluding carboxylic acids is 1. The van der Waals surface area contributed by atoms with Crippen LogP contribution in [0.2, 0.25) is 0 Å². The Morgan fingerprint density at radius 3 is 2.50 bits per heavy atom. The number of nitrogens with zero attached hydrogens (tertiary/aromatic N) is 4. The molecule has 8 heteroatoms. The average molecular weight is 355 g/mol. The molecule has 3 aromatic rings. The number of nitrogens with one attached hydrogen (secondary N) is 1. The zero-order valence-corrected chi connectivity index (χ0v) is 15.1. The summed E-state index contributed by atoms with van der Waals surface area (Å²) in [5.74, 6) is 0.666. The lowest BCUT2D eigenvalue weighted by molar-refractivity contribution is 0.102. The van der Waals surface area contributed by atoms with Crippen LogP contribution >= 0.6 is 0 Å². The lowest BCUT2D eigenvalue weighted by Gasteiger charge is -2.09. The maximum Gasteiger partial charge on any atom is 0.322 e. The highest BCUT2D eigenvalue weighted by molar-refractivity contribution is 6.03. The molecule has 2 aromatic heterocycles. The molecule has 0 spiro atoms. The van der Waals surface area contributed by atoms with E-state index in [-0.39, 0.29) is 24.1 Å². The summed E-state index contributed by atoms with van der Waals surface area (Å²) in [7, 11) is 0. The molecule has 0 atom stereocenters. The molecule has 0 aliphatic rings. The molecule has 1 amide bonds. The summed E-state index contributed by atoms with van der Waals surface area (Å²) in [4.78, 5) is 12.3. The molecule has 0 saturated carbocycles. The van der Waals surface area contributed by atoms with Crippen LogP contribution < -0.4 is 10.1 Å². The van der Waals surface area contributed by atoms with Crippen molar-refractivity contribution in [2.45, 2.75) is 39.8 Å². The van der Waals surface area contributed by atoms with Gasteiger partial charge in [0.2, 0.25) is 0 Å². The number of ether oxygens (including phenoxy) is 1. The van der Waals surface area contributed by atoms with Crippen LogP contribution in [0.15, 0.2) is 40.9 Å². The largest absolute Gasteiger partial charge is 0.491 e. The molecule has 1 aromatic carbocycles. The number of amides is 1. The highest BCUT2D eigenvalue weighted by Gasteiger charge is 2.17. The predicted octanol–water partition coefficient (Wildman–Crippen LogP) is 3.55. The Hall–Kier alpha value is -3.16. The summed E-state index contributed by atoms with van der Waals surface area (Å²) in [6.07, 6.45) is 1.74. The van der Waals surface area contributed by atoms with Gasteiger partial charge in [-0.2, -0.15) is 5.10 Å². The van der Waals surface area contributed by atoms with Gasteiger partial charge in [-0.1, -0.05) is 5.10 Å². The van der Waals surface area contributed by atoms with Gasteiger partial charge in [0.05, 0.1) is 6.10 Å². The Morgan fingerprint density at radius 1 is 1.12 bits per heavy atom. The van der Waals surface area contributed by atoms with Crippen molar-refractivity contribution >= 4 is 11.9 Å². The first-order chi connectivity index (χ1) is 12.4. The quantitative estimate of drug-likeness (QED) is 0.726. The van der Waals surface area contributed by atoms with E-state index in [2.05, 4.69) is 20.6 Å². The van der Waals surface area contributed by atoms with Crippen LogP contribution in [0, 0.1) is 0 Å². The normalized spacial score (nSPS) is 11.2. The van der Waals surface area contributed by atoms with Crippen LogP contribution in [0.25, 0.3) is 11.6 Å². The summed E-state index contributed by atoms with van der Waals surface area (Å²) < 4.78 is 12.9. The third-order valence-electron chi connectivity index (χ3n) is 3.51. The van der Waals surface area contributed by atoms with Gasteiger partial charge in [-0.25, -0.2) is 0 Å². The number of carbonyl (C=O) groups is 1. The first-order valence-electron chi connectivity index (χ1n) is 8.39. The molecule has 0 fully saturated rings. The van der Waals surface area contributed by atoms with E-state index in [0.29, 0.717) is 22.9 Å². The van der Waals surface area contributed by atoms with Crippen molar-refractivity contribution in [3.63, 3.8) is 0 Å². The summed E-state index contributed by atoms with van der Waals surface area (Å²) in [6, 6.07) is 8.81. The SMILES string of the molecule is CC(C)Oc1ccc(C(=O)Nc2nnc(-c3ccnn3C(C)C)o2)cc1. The molecule has 8 nitrogen and oxygen atoms in total. The first-order valence-corrected chi connectivity index (χ1v) is 8.39. The van der Waals surface area contributed by atoms with Crippen LogP contribution in [-0.4, -0.2) is 32.0 Å². The molecule has 0 radical (unpaired) electrons. The highest BCUT2D eigenvalue weighted by atomic mass is 16.5. The van der Waals surface area contributed by atoms with Crippen molar-refractivity contribution < 1.29 is 13.9 Å². The van der Waals surface area contributed by atoms with Gasteiger partial charge in [0.25, 0.3) is 11.8 Å². The van der Waals surface area contributed by atoms with E-state index in [9.17, 15) is 4.79 Å². The molecule has 0 bridgehead atoms. The van der Waals surface area contributed by atoms with Gasteiger partial charge >= 0.3 is 6.01 Å². The highest BCUT2D eigenvalue weighted by Crippen LogP contribution is 2.22. The lowest BCUT2D eigenvalue weighted by Crippen LogP contribution is -2.12. The number of rotatable bonds is 6. The van der Waals surface area contributed by atoms with Gasteiger partial charge in [-0.15, -0.1) is 5.10 Å². The van der Waals surface area contributed by atoms with E-state index in [1.165, 1.54) is 0 Å². The first kappa shape index (κ1) is 17.7. The van der Waals surface area contributed by atoms with Crippen molar-refractivity contribution in [1.29, 1.82) is 0 Å².